The molecule has 0 aliphatic heterocycles. The lowest BCUT2D eigenvalue weighted by Crippen LogP contribution is -2.08. The molecule has 0 bridgehead atoms. The van der Waals surface area contributed by atoms with E-state index in [2.05, 4.69) is 30.8 Å². The van der Waals surface area contributed by atoms with Crippen LogP contribution in [0.3, 0.4) is 0 Å². The topological polar surface area (TPSA) is 0 Å². The van der Waals surface area contributed by atoms with Crippen LogP contribution in [0.5, 0.6) is 0 Å². The Balaban J connectivity index is 1.88. The van der Waals surface area contributed by atoms with Gasteiger partial charge in [0.2, 0.25) is 0 Å². The van der Waals surface area contributed by atoms with E-state index in [0.29, 0.717) is 0 Å². The predicted molar refractivity (Wildman–Crippen MR) is 69.4 cm³/mol. The number of hydrogen-bond acceptors (Lipinski definition) is 1. The van der Waals surface area contributed by atoms with Crippen LogP contribution in [0.4, 0.5) is 0 Å². The second-order valence-electron chi connectivity index (χ2n) is 4.17. The van der Waals surface area contributed by atoms with E-state index in [9.17, 15) is 0 Å². The average Bonchev–Trinajstić information content (AvgIpc) is 2.18. The molecule has 1 aromatic rings. The maximum Gasteiger partial charge on any atom is 0.0187 e. The zero-order valence-corrected chi connectivity index (χ0v) is 9.93. The molecule has 15 heavy (non-hydrogen) atoms. The highest BCUT2D eigenvalue weighted by Crippen LogP contribution is 2.36. The molecule has 1 heteroatoms. The van der Waals surface area contributed by atoms with E-state index in [0.717, 1.165) is 17.4 Å². The molecular formula is C14H18S. The summed E-state index contributed by atoms with van der Waals surface area (Å²) in [6, 6.07) is 9.19. The molecule has 0 saturated heterocycles. The zero-order chi connectivity index (χ0) is 10.5. The lowest BCUT2D eigenvalue weighted by Gasteiger charge is -2.25. The van der Waals surface area contributed by atoms with Crippen LogP contribution in [0, 0.1) is 0 Å². The van der Waals surface area contributed by atoms with E-state index >= 15 is 0 Å². The lowest BCUT2D eigenvalue weighted by molar-refractivity contribution is 0.420. The minimum absolute atomic E-state index is 0.861. The second kappa shape index (κ2) is 5.41. The molecule has 0 amide bonds. The fourth-order valence-corrected chi connectivity index (χ4v) is 2.60. The summed E-state index contributed by atoms with van der Waals surface area (Å²) < 4.78 is 0. The van der Waals surface area contributed by atoms with Crippen LogP contribution in [-0.2, 0) is 5.75 Å². The number of benzene rings is 1. The molecule has 1 saturated carbocycles. The maximum absolute atomic E-state index is 3.73. The molecule has 0 unspecified atom stereocenters. The van der Waals surface area contributed by atoms with Gasteiger partial charge in [0, 0.05) is 11.5 Å². The van der Waals surface area contributed by atoms with E-state index in [1.807, 2.05) is 17.8 Å². The highest BCUT2D eigenvalue weighted by molar-refractivity contribution is 7.98. The number of rotatable bonds is 5. The number of thioether (sulfide) groups is 1. The Labute approximate surface area is 96.8 Å². The molecule has 1 aliphatic carbocycles. The first kappa shape index (κ1) is 10.8. The quantitative estimate of drug-likeness (QED) is 0.522. The molecule has 80 valence electrons. The smallest absolute Gasteiger partial charge is 0.0187 e. The van der Waals surface area contributed by atoms with Crippen molar-refractivity contribution in [1.82, 2.24) is 0 Å². The van der Waals surface area contributed by atoms with Crippen LogP contribution in [0.2, 0.25) is 0 Å². The minimum atomic E-state index is 0.861. The maximum atomic E-state index is 3.73. The Kier molecular flexibility index (Phi) is 3.90. The van der Waals surface area contributed by atoms with Gasteiger partial charge in [0.1, 0.15) is 0 Å². The molecule has 0 atom stereocenters. The van der Waals surface area contributed by atoms with Gasteiger partial charge in [-0.3, -0.25) is 0 Å². The highest BCUT2D eigenvalue weighted by atomic mass is 32.2. The molecule has 2 rings (SSSR count). The van der Waals surface area contributed by atoms with Crippen molar-refractivity contribution in [1.29, 1.82) is 0 Å². The molecule has 0 radical (unpaired) electrons. The SMILES string of the molecule is C=CCSCc1ccc(C2CCC2)cc1. The van der Waals surface area contributed by atoms with Crippen molar-refractivity contribution in [3.05, 3.63) is 48.0 Å². The molecule has 0 nitrogen and oxygen atoms in total. The van der Waals surface area contributed by atoms with Crippen LogP contribution >= 0.6 is 11.8 Å². The molecule has 0 heterocycles. The Hall–Kier alpha value is -0.690. The fraction of sp³-hybridized carbons (Fsp3) is 0.429. The third-order valence-electron chi connectivity index (χ3n) is 3.06. The summed E-state index contributed by atoms with van der Waals surface area (Å²) in [5, 5.41) is 0. The molecular weight excluding hydrogens is 200 g/mol. The normalized spacial score (nSPS) is 16.0. The summed E-state index contributed by atoms with van der Waals surface area (Å²) in [5.74, 6) is 3.02. The van der Waals surface area contributed by atoms with Gasteiger partial charge in [-0.1, -0.05) is 36.8 Å². The molecule has 0 aromatic heterocycles. The first-order valence-corrected chi connectivity index (χ1v) is 6.83. The Morgan fingerprint density at radius 3 is 2.53 bits per heavy atom. The van der Waals surface area contributed by atoms with Crippen molar-refractivity contribution in [3.8, 4) is 0 Å². The first-order valence-electron chi connectivity index (χ1n) is 5.67. The third kappa shape index (κ3) is 2.88. The molecule has 1 aromatic carbocycles. The first-order chi connectivity index (χ1) is 7.40. The van der Waals surface area contributed by atoms with Gasteiger partial charge in [0.05, 0.1) is 0 Å². The van der Waals surface area contributed by atoms with Crippen LogP contribution in [0.15, 0.2) is 36.9 Å². The molecule has 0 spiro atoms. The Morgan fingerprint density at radius 2 is 2.00 bits per heavy atom. The summed E-state index contributed by atoms with van der Waals surface area (Å²) in [5.41, 5.74) is 2.98. The van der Waals surface area contributed by atoms with Gasteiger partial charge in [-0.25, -0.2) is 0 Å². The van der Waals surface area contributed by atoms with Gasteiger partial charge in [0.15, 0.2) is 0 Å². The number of hydrogen-bond donors (Lipinski definition) is 0. The Morgan fingerprint density at radius 1 is 1.27 bits per heavy atom. The van der Waals surface area contributed by atoms with Gasteiger partial charge in [-0.05, 0) is 29.9 Å². The Bertz CT molecular complexity index is 309. The fourth-order valence-electron chi connectivity index (χ4n) is 1.89. The van der Waals surface area contributed by atoms with E-state index in [1.54, 1.807) is 5.56 Å². The minimum Gasteiger partial charge on any atom is -0.153 e. The summed E-state index contributed by atoms with van der Waals surface area (Å²) in [7, 11) is 0. The second-order valence-corrected chi connectivity index (χ2v) is 5.20. The van der Waals surface area contributed by atoms with Crippen molar-refractivity contribution >= 4 is 11.8 Å². The predicted octanol–water partition coefficient (Wildman–Crippen LogP) is 4.37. The van der Waals surface area contributed by atoms with Gasteiger partial charge in [-0.2, -0.15) is 11.8 Å². The van der Waals surface area contributed by atoms with E-state index < -0.39 is 0 Å². The summed E-state index contributed by atoms with van der Waals surface area (Å²) >= 11 is 1.92. The van der Waals surface area contributed by atoms with Crippen LogP contribution < -0.4 is 0 Å². The van der Waals surface area contributed by atoms with Gasteiger partial charge >= 0.3 is 0 Å². The van der Waals surface area contributed by atoms with Crippen molar-refractivity contribution in [3.63, 3.8) is 0 Å². The average molecular weight is 218 g/mol. The van der Waals surface area contributed by atoms with Gasteiger partial charge in [0.25, 0.3) is 0 Å². The summed E-state index contributed by atoms with van der Waals surface area (Å²) in [6.07, 6.45) is 6.17. The van der Waals surface area contributed by atoms with E-state index in [1.165, 1.54) is 24.8 Å². The van der Waals surface area contributed by atoms with Crippen molar-refractivity contribution in [2.45, 2.75) is 30.9 Å². The third-order valence-corrected chi connectivity index (χ3v) is 4.07. The molecule has 0 N–H and O–H groups in total. The molecule has 1 fully saturated rings. The lowest BCUT2D eigenvalue weighted by atomic mass is 9.80. The van der Waals surface area contributed by atoms with Crippen molar-refractivity contribution in [2.75, 3.05) is 5.75 Å². The molecule has 1 aliphatic rings. The largest absolute Gasteiger partial charge is 0.153 e. The van der Waals surface area contributed by atoms with Crippen molar-refractivity contribution < 1.29 is 0 Å². The van der Waals surface area contributed by atoms with Crippen LogP contribution in [0.1, 0.15) is 36.3 Å². The van der Waals surface area contributed by atoms with E-state index in [-0.39, 0.29) is 0 Å². The van der Waals surface area contributed by atoms with Crippen LogP contribution in [0.25, 0.3) is 0 Å². The summed E-state index contributed by atoms with van der Waals surface area (Å²) in [4.78, 5) is 0. The van der Waals surface area contributed by atoms with Gasteiger partial charge in [-0.15, -0.1) is 6.58 Å². The van der Waals surface area contributed by atoms with Crippen LogP contribution in [-0.4, -0.2) is 5.75 Å². The highest BCUT2D eigenvalue weighted by Gasteiger charge is 2.18. The van der Waals surface area contributed by atoms with E-state index in [4.69, 9.17) is 0 Å². The standard InChI is InChI=1S/C14H18S/c1-2-10-15-11-12-6-8-14(9-7-12)13-4-3-5-13/h2,6-9,13H,1,3-5,10-11H2. The van der Waals surface area contributed by atoms with Crippen molar-refractivity contribution in [2.24, 2.45) is 0 Å². The zero-order valence-electron chi connectivity index (χ0n) is 9.11. The van der Waals surface area contributed by atoms with Gasteiger partial charge < -0.3 is 0 Å². The summed E-state index contributed by atoms with van der Waals surface area (Å²) in [6.45, 7) is 3.73. The monoisotopic (exact) mass is 218 g/mol.